The second-order valence-corrected chi connectivity index (χ2v) is 6.60. The number of carbonyl (C=O) groups is 2. The Bertz CT molecular complexity index is 936. The van der Waals surface area contributed by atoms with Gasteiger partial charge in [0, 0.05) is 17.8 Å². The van der Waals surface area contributed by atoms with E-state index in [-0.39, 0.29) is 22.7 Å². The molecule has 5 nitrogen and oxygen atoms in total. The summed E-state index contributed by atoms with van der Waals surface area (Å²) in [6.45, 7) is 5.92. The van der Waals surface area contributed by atoms with Gasteiger partial charge in [-0.2, -0.15) is 5.26 Å². The van der Waals surface area contributed by atoms with E-state index in [9.17, 15) is 14.0 Å². The van der Waals surface area contributed by atoms with Gasteiger partial charge in [0.05, 0.1) is 16.5 Å². The zero-order valence-corrected chi connectivity index (χ0v) is 16.0. The lowest BCUT2D eigenvalue weighted by Crippen LogP contribution is -2.27. The summed E-state index contributed by atoms with van der Waals surface area (Å²) >= 11 is 5.93. The van der Waals surface area contributed by atoms with Crippen LogP contribution >= 0.6 is 11.6 Å². The summed E-state index contributed by atoms with van der Waals surface area (Å²) in [5.41, 5.74) is 1.79. The Labute approximate surface area is 167 Å². The highest BCUT2D eigenvalue weighted by atomic mass is 35.5. The van der Waals surface area contributed by atoms with Crippen LogP contribution in [0.15, 0.2) is 54.6 Å². The molecule has 0 saturated heterocycles. The van der Waals surface area contributed by atoms with Crippen LogP contribution in [0.5, 0.6) is 0 Å². The minimum absolute atomic E-state index is 0.214. The second-order valence-electron chi connectivity index (χ2n) is 6.19. The maximum atomic E-state index is 12.9. The number of carbonyl (C=O) groups excluding carboxylic acids is 2. The van der Waals surface area contributed by atoms with E-state index in [1.807, 2.05) is 6.07 Å². The molecule has 0 radical (unpaired) electrons. The van der Waals surface area contributed by atoms with Crippen molar-refractivity contribution in [1.29, 1.82) is 5.26 Å². The van der Waals surface area contributed by atoms with Gasteiger partial charge < -0.3 is 10.6 Å². The minimum atomic E-state index is -0.480. The Morgan fingerprint density at radius 1 is 1.25 bits per heavy atom. The first-order chi connectivity index (χ1) is 13.3. The van der Waals surface area contributed by atoms with Crippen molar-refractivity contribution in [2.75, 3.05) is 11.9 Å². The minimum Gasteiger partial charge on any atom is -0.352 e. The maximum absolute atomic E-state index is 12.9. The summed E-state index contributed by atoms with van der Waals surface area (Å²) in [4.78, 5) is 24.4. The van der Waals surface area contributed by atoms with Gasteiger partial charge in [-0.05, 0) is 55.8 Å². The molecule has 28 heavy (non-hydrogen) atoms. The van der Waals surface area contributed by atoms with Crippen LogP contribution in [0.4, 0.5) is 10.1 Å². The summed E-state index contributed by atoms with van der Waals surface area (Å²) in [5.74, 6) is -1.45. The zero-order chi connectivity index (χ0) is 20.7. The number of hydrogen-bond donors (Lipinski definition) is 2. The van der Waals surface area contributed by atoms with E-state index in [0.717, 1.165) is 0 Å². The van der Waals surface area contributed by atoms with Crippen LogP contribution in [0.1, 0.15) is 29.3 Å². The fourth-order valence-corrected chi connectivity index (χ4v) is 2.59. The summed E-state index contributed by atoms with van der Waals surface area (Å²) in [7, 11) is 0. The average molecular weight is 400 g/mol. The number of benzene rings is 2. The quantitative estimate of drug-likeness (QED) is 0.681. The fraction of sp³-hybridized carbons (Fsp3) is 0.190. The molecule has 144 valence electrons. The highest BCUT2D eigenvalue weighted by molar-refractivity contribution is 6.32. The number of nitriles is 1. The molecular formula is C21H19ClFN3O2. The number of nitrogens with one attached hydrogen (secondary N) is 2. The number of nitrogens with zero attached hydrogens (tertiary/aromatic N) is 1. The first-order valence-electron chi connectivity index (χ1n) is 8.53. The number of amides is 2. The van der Waals surface area contributed by atoms with E-state index in [4.69, 9.17) is 16.9 Å². The van der Waals surface area contributed by atoms with E-state index in [1.54, 1.807) is 6.92 Å². The van der Waals surface area contributed by atoms with Crippen molar-refractivity contribution in [3.63, 3.8) is 0 Å². The fourth-order valence-electron chi connectivity index (χ4n) is 2.37. The normalized spacial score (nSPS) is 11.2. The summed E-state index contributed by atoms with van der Waals surface area (Å²) in [5, 5.41) is 14.5. The molecule has 0 heterocycles. The van der Waals surface area contributed by atoms with Crippen molar-refractivity contribution >= 4 is 29.1 Å². The third-order valence-electron chi connectivity index (χ3n) is 4.20. The summed E-state index contributed by atoms with van der Waals surface area (Å²) < 4.78 is 12.9. The third-order valence-corrected chi connectivity index (χ3v) is 4.51. The second kappa shape index (κ2) is 9.67. The summed E-state index contributed by atoms with van der Waals surface area (Å²) in [6.07, 6.45) is 0.410. The van der Waals surface area contributed by atoms with Crippen LogP contribution in [0.3, 0.4) is 0 Å². The molecule has 0 fully saturated rings. The first kappa shape index (κ1) is 21.1. The first-order valence-corrected chi connectivity index (χ1v) is 8.91. The van der Waals surface area contributed by atoms with Gasteiger partial charge in [0.2, 0.25) is 5.91 Å². The van der Waals surface area contributed by atoms with E-state index in [0.29, 0.717) is 35.4 Å². The lowest BCUT2D eigenvalue weighted by atomic mass is 9.98. The van der Waals surface area contributed by atoms with Crippen LogP contribution in [0.2, 0.25) is 5.02 Å². The molecule has 0 unspecified atom stereocenters. The Morgan fingerprint density at radius 3 is 2.54 bits per heavy atom. The van der Waals surface area contributed by atoms with Gasteiger partial charge >= 0.3 is 0 Å². The lowest BCUT2D eigenvalue weighted by Gasteiger charge is -2.15. The van der Waals surface area contributed by atoms with Gasteiger partial charge in [0.15, 0.2) is 0 Å². The van der Waals surface area contributed by atoms with Gasteiger partial charge in [0.25, 0.3) is 5.91 Å². The predicted octanol–water partition coefficient (Wildman–Crippen LogP) is 4.30. The molecule has 0 aliphatic rings. The SMILES string of the molecule is C=C(CCNC(=O)c1ccc(C#N)c(Cl)c1)[C@H](C)C(=O)Nc1ccc(F)cc1. The molecule has 0 bridgehead atoms. The molecule has 0 saturated carbocycles. The van der Waals surface area contributed by atoms with Crippen molar-refractivity contribution in [2.24, 2.45) is 5.92 Å². The van der Waals surface area contributed by atoms with Crippen molar-refractivity contribution in [3.8, 4) is 6.07 Å². The lowest BCUT2D eigenvalue weighted by molar-refractivity contribution is -0.118. The molecule has 0 aliphatic heterocycles. The van der Waals surface area contributed by atoms with E-state index >= 15 is 0 Å². The monoisotopic (exact) mass is 399 g/mol. The Kier molecular flexibility index (Phi) is 7.30. The number of halogens is 2. The van der Waals surface area contributed by atoms with E-state index < -0.39 is 5.92 Å². The molecule has 0 spiro atoms. The van der Waals surface area contributed by atoms with Gasteiger partial charge in [-0.1, -0.05) is 23.8 Å². The number of hydrogen-bond acceptors (Lipinski definition) is 3. The summed E-state index contributed by atoms with van der Waals surface area (Å²) in [6, 6.07) is 11.9. The topological polar surface area (TPSA) is 82.0 Å². The van der Waals surface area contributed by atoms with Gasteiger partial charge in [-0.15, -0.1) is 0 Å². The van der Waals surface area contributed by atoms with Gasteiger partial charge in [0.1, 0.15) is 11.9 Å². The van der Waals surface area contributed by atoms with Crippen LogP contribution in [0.25, 0.3) is 0 Å². The van der Waals surface area contributed by atoms with Crippen molar-refractivity contribution < 1.29 is 14.0 Å². The third kappa shape index (κ3) is 5.66. The van der Waals surface area contributed by atoms with Crippen molar-refractivity contribution in [1.82, 2.24) is 5.32 Å². The Balaban J connectivity index is 1.83. The highest BCUT2D eigenvalue weighted by Gasteiger charge is 2.17. The molecule has 0 aliphatic carbocycles. The molecule has 2 aromatic carbocycles. The Morgan fingerprint density at radius 2 is 1.93 bits per heavy atom. The standard InChI is InChI=1S/C21H19ClFN3O2/c1-13(14(2)20(27)26-18-7-5-17(23)6-8-18)9-10-25-21(28)15-3-4-16(12-24)19(22)11-15/h3-8,11,14H,1,9-10H2,2H3,(H,25,28)(H,26,27)/t14-/m0/s1. The zero-order valence-electron chi connectivity index (χ0n) is 15.3. The number of rotatable bonds is 7. The van der Waals surface area contributed by atoms with Gasteiger partial charge in [-0.25, -0.2) is 4.39 Å². The van der Waals surface area contributed by atoms with Crippen LogP contribution < -0.4 is 10.6 Å². The van der Waals surface area contributed by atoms with Gasteiger partial charge in [-0.3, -0.25) is 9.59 Å². The smallest absolute Gasteiger partial charge is 0.251 e. The van der Waals surface area contributed by atoms with Crippen molar-refractivity contribution in [3.05, 3.63) is 76.6 Å². The predicted molar refractivity (Wildman–Crippen MR) is 106 cm³/mol. The van der Waals surface area contributed by atoms with Crippen LogP contribution in [-0.2, 0) is 4.79 Å². The molecule has 2 rings (SSSR count). The maximum Gasteiger partial charge on any atom is 0.251 e. The molecule has 1 atom stereocenters. The molecule has 0 aromatic heterocycles. The molecular weight excluding hydrogens is 381 g/mol. The van der Waals surface area contributed by atoms with Crippen LogP contribution in [0, 0.1) is 23.1 Å². The Hall–Kier alpha value is -3.17. The molecule has 7 heteroatoms. The highest BCUT2D eigenvalue weighted by Crippen LogP contribution is 2.18. The molecule has 2 N–H and O–H groups in total. The molecule has 2 aromatic rings. The van der Waals surface area contributed by atoms with E-state index in [1.165, 1.54) is 42.5 Å². The largest absolute Gasteiger partial charge is 0.352 e. The number of anilines is 1. The van der Waals surface area contributed by atoms with Crippen molar-refractivity contribution in [2.45, 2.75) is 13.3 Å². The van der Waals surface area contributed by atoms with Crippen LogP contribution in [-0.4, -0.2) is 18.4 Å². The molecule has 2 amide bonds. The average Bonchev–Trinajstić information content (AvgIpc) is 2.68. The van der Waals surface area contributed by atoms with E-state index in [2.05, 4.69) is 17.2 Å².